The van der Waals surface area contributed by atoms with E-state index in [4.69, 9.17) is 0 Å². The van der Waals surface area contributed by atoms with Gasteiger partial charge in [0.1, 0.15) is 12.1 Å². The summed E-state index contributed by atoms with van der Waals surface area (Å²) in [5, 5.41) is 0. The van der Waals surface area contributed by atoms with E-state index in [9.17, 15) is 0 Å². The average molecular weight is 296 g/mol. The predicted molar refractivity (Wildman–Crippen MR) is 84.9 cm³/mol. The lowest BCUT2D eigenvalue weighted by atomic mass is 9.92. The molecule has 0 aliphatic carbocycles. The van der Waals surface area contributed by atoms with Crippen LogP contribution in [-0.2, 0) is 0 Å². The number of anilines is 2. The van der Waals surface area contributed by atoms with Crippen LogP contribution in [0.2, 0.25) is 0 Å². The van der Waals surface area contributed by atoms with Gasteiger partial charge in [-0.05, 0) is 37.3 Å². The molecule has 0 aromatic carbocycles. The van der Waals surface area contributed by atoms with E-state index in [2.05, 4.69) is 29.7 Å². The summed E-state index contributed by atoms with van der Waals surface area (Å²) in [6.07, 6.45) is 9.68. The van der Waals surface area contributed by atoms with E-state index in [-0.39, 0.29) is 0 Å². The van der Waals surface area contributed by atoms with Crippen molar-refractivity contribution in [2.45, 2.75) is 25.8 Å². The third-order valence-electron chi connectivity index (χ3n) is 4.78. The zero-order chi connectivity index (χ0) is 14.9. The van der Waals surface area contributed by atoms with Crippen molar-refractivity contribution in [2.75, 3.05) is 29.4 Å². The maximum atomic E-state index is 4.52. The van der Waals surface area contributed by atoms with Crippen LogP contribution in [0.25, 0.3) is 0 Å². The molecule has 0 N–H and O–H groups in total. The summed E-state index contributed by atoms with van der Waals surface area (Å²) in [6, 6.07) is 2.47. The lowest BCUT2D eigenvalue weighted by Crippen LogP contribution is -2.49. The van der Waals surface area contributed by atoms with E-state index >= 15 is 0 Å². The molecule has 2 aromatic rings. The molecule has 2 unspecified atom stereocenters. The largest absolute Gasteiger partial charge is 0.354 e. The zero-order valence-electron chi connectivity index (χ0n) is 12.8. The second kappa shape index (κ2) is 5.51. The van der Waals surface area contributed by atoms with Gasteiger partial charge >= 0.3 is 0 Å². The van der Waals surface area contributed by atoms with Crippen LogP contribution in [-0.4, -0.2) is 45.6 Å². The molecule has 2 fully saturated rings. The summed E-state index contributed by atoms with van der Waals surface area (Å²) in [6.45, 7) is 5.13. The zero-order valence-corrected chi connectivity index (χ0v) is 12.8. The SMILES string of the molecule is Cc1cnc(N2CCC3CCN(c4ccncn4)CC32)nc1. The van der Waals surface area contributed by atoms with Crippen molar-refractivity contribution < 1.29 is 0 Å². The minimum absolute atomic E-state index is 0.478. The van der Waals surface area contributed by atoms with Crippen molar-refractivity contribution in [1.82, 2.24) is 19.9 Å². The Morgan fingerprint density at radius 3 is 2.68 bits per heavy atom. The number of hydrogen-bond donors (Lipinski definition) is 0. The monoisotopic (exact) mass is 296 g/mol. The Hall–Kier alpha value is -2.24. The lowest BCUT2D eigenvalue weighted by Gasteiger charge is -2.38. The topological polar surface area (TPSA) is 58.0 Å². The van der Waals surface area contributed by atoms with Crippen molar-refractivity contribution in [3.63, 3.8) is 0 Å². The Morgan fingerprint density at radius 2 is 1.91 bits per heavy atom. The molecule has 22 heavy (non-hydrogen) atoms. The summed E-state index contributed by atoms with van der Waals surface area (Å²) in [7, 11) is 0. The Morgan fingerprint density at radius 1 is 1.09 bits per heavy atom. The third-order valence-corrected chi connectivity index (χ3v) is 4.78. The molecule has 6 nitrogen and oxygen atoms in total. The molecule has 4 heterocycles. The maximum Gasteiger partial charge on any atom is 0.225 e. The van der Waals surface area contributed by atoms with Crippen molar-refractivity contribution >= 4 is 11.8 Å². The number of aromatic nitrogens is 4. The highest BCUT2D eigenvalue weighted by Gasteiger charge is 2.39. The minimum atomic E-state index is 0.478. The molecular formula is C16H20N6. The maximum absolute atomic E-state index is 4.52. The normalized spacial score (nSPS) is 24.4. The summed E-state index contributed by atoms with van der Waals surface area (Å²) >= 11 is 0. The van der Waals surface area contributed by atoms with E-state index < -0.39 is 0 Å². The van der Waals surface area contributed by atoms with Crippen molar-refractivity contribution in [3.8, 4) is 0 Å². The number of piperidine rings is 1. The number of nitrogens with zero attached hydrogens (tertiary/aromatic N) is 6. The van der Waals surface area contributed by atoms with Gasteiger partial charge in [0.05, 0.1) is 6.04 Å². The van der Waals surface area contributed by atoms with Gasteiger partial charge in [-0.2, -0.15) is 0 Å². The summed E-state index contributed by atoms with van der Waals surface area (Å²) < 4.78 is 0. The highest BCUT2D eigenvalue weighted by atomic mass is 15.3. The first-order valence-corrected chi connectivity index (χ1v) is 7.87. The van der Waals surface area contributed by atoms with E-state index in [0.717, 1.165) is 42.9 Å². The first kappa shape index (κ1) is 13.4. The Balaban J connectivity index is 1.56. The second-order valence-corrected chi connectivity index (χ2v) is 6.17. The highest BCUT2D eigenvalue weighted by molar-refractivity contribution is 5.42. The summed E-state index contributed by atoms with van der Waals surface area (Å²) in [5.74, 6) is 2.62. The molecule has 2 aliphatic rings. The van der Waals surface area contributed by atoms with Gasteiger partial charge in [0.25, 0.3) is 0 Å². The quantitative estimate of drug-likeness (QED) is 0.840. The standard InChI is InChI=1S/C16H20N6/c1-12-8-18-16(19-9-12)22-7-4-13-3-6-21(10-14(13)22)15-2-5-17-11-20-15/h2,5,8-9,11,13-14H,3-4,6-7,10H2,1H3. The average Bonchev–Trinajstić information content (AvgIpc) is 2.99. The van der Waals surface area contributed by atoms with Crippen molar-refractivity contribution in [1.29, 1.82) is 0 Å². The molecule has 2 saturated heterocycles. The van der Waals surface area contributed by atoms with Crippen molar-refractivity contribution in [2.24, 2.45) is 5.92 Å². The number of aryl methyl sites for hydroxylation is 1. The van der Waals surface area contributed by atoms with Gasteiger partial charge < -0.3 is 9.80 Å². The van der Waals surface area contributed by atoms with Gasteiger partial charge in [0.2, 0.25) is 5.95 Å². The fourth-order valence-corrected chi connectivity index (χ4v) is 3.60. The summed E-state index contributed by atoms with van der Waals surface area (Å²) in [4.78, 5) is 22.2. The molecule has 2 aliphatic heterocycles. The van der Waals surface area contributed by atoms with Crippen LogP contribution in [0.5, 0.6) is 0 Å². The highest BCUT2D eigenvalue weighted by Crippen LogP contribution is 2.34. The van der Waals surface area contributed by atoms with E-state index in [1.54, 1.807) is 6.33 Å². The van der Waals surface area contributed by atoms with Crippen LogP contribution in [0.15, 0.2) is 31.0 Å². The first-order valence-electron chi connectivity index (χ1n) is 7.87. The third kappa shape index (κ3) is 2.38. The van der Waals surface area contributed by atoms with E-state index in [0.29, 0.717) is 6.04 Å². The molecule has 0 spiro atoms. The molecule has 2 aromatic heterocycles. The molecule has 0 amide bonds. The smallest absolute Gasteiger partial charge is 0.225 e. The Bertz CT molecular complexity index is 629. The first-order chi connectivity index (χ1) is 10.8. The van der Waals surface area contributed by atoms with Crippen LogP contribution in [0.3, 0.4) is 0 Å². The molecule has 2 atom stereocenters. The Labute approximate surface area is 130 Å². The van der Waals surface area contributed by atoms with Crippen LogP contribution in [0.1, 0.15) is 18.4 Å². The molecule has 4 rings (SSSR count). The molecule has 0 bridgehead atoms. The van der Waals surface area contributed by atoms with Gasteiger partial charge in [0, 0.05) is 38.2 Å². The van der Waals surface area contributed by atoms with Gasteiger partial charge in [-0.1, -0.05) is 0 Å². The van der Waals surface area contributed by atoms with Gasteiger partial charge in [-0.25, -0.2) is 19.9 Å². The summed E-state index contributed by atoms with van der Waals surface area (Å²) in [5.41, 5.74) is 1.10. The van der Waals surface area contributed by atoms with Crippen LogP contribution < -0.4 is 9.80 Å². The van der Waals surface area contributed by atoms with Crippen molar-refractivity contribution in [3.05, 3.63) is 36.5 Å². The van der Waals surface area contributed by atoms with Crippen LogP contribution in [0.4, 0.5) is 11.8 Å². The number of hydrogen-bond acceptors (Lipinski definition) is 6. The minimum Gasteiger partial charge on any atom is -0.354 e. The fourth-order valence-electron chi connectivity index (χ4n) is 3.60. The van der Waals surface area contributed by atoms with Gasteiger partial charge in [-0.3, -0.25) is 0 Å². The number of rotatable bonds is 2. The molecule has 0 radical (unpaired) electrons. The van der Waals surface area contributed by atoms with Crippen LogP contribution >= 0.6 is 0 Å². The molecule has 0 saturated carbocycles. The second-order valence-electron chi connectivity index (χ2n) is 6.17. The number of fused-ring (bicyclic) bond motifs is 1. The van der Waals surface area contributed by atoms with Gasteiger partial charge in [-0.15, -0.1) is 0 Å². The Kier molecular flexibility index (Phi) is 3.36. The molecule has 6 heteroatoms. The van der Waals surface area contributed by atoms with Gasteiger partial charge in [0.15, 0.2) is 0 Å². The predicted octanol–water partition coefficient (Wildman–Crippen LogP) is 1.68. The fraction of sp³-hybridized carbons (Fsp3) is 0.500. The molecule has 114 valence electrons. The van der Waals surface area contributed by atoms with Crippen LogP contribution in [0, 0.1) is 12.8 Å². The van der Waals surface area contributed by atoms with E-state index in [1.807, 2.05) is 31.6 Å². The van der Waals surface area contributed by atoms with E-state index in [1.165, 1.54) is 12.8 Å². The lowest BCUT2D eigenvalue weighted by molar-refractivity contribution is 0.387. The molecular weight excluding hydrogens is 276 g/mol.